The lowest BCUT2D eigenvalue weighted by atomic mass is 10.0. The van der Waals surface area contributed by atoms with E-state index in [9.17, 15) is 4.79 Å². The lowest BCUT2D eigenvalue weighted by molar-refractivity contribution is 0.192. The minimum atomic E-state index is -0.336. The van der Waals surface area contributed by atoms with Crippen LogP contribution in [0.3, 0.4) is 0 Å². The molecule has 0 spiro atoms. The molecule has 0 amide bonds. The fourth-order valence-corrected chi connectivity index (χ4v) is 4.21. The van der Waals surface area contributed by atoms with Gasteiger partial charge in [0.05, 0.1) is 55.1 Å². The number of ether oxygens (including phenoxy) is 3. The van der Waals surface area contributed by atoms with Gasteiger partial charge in [-0.1, -0.05) is 23.2 Å². The lowest BCUT2D eigenvalue weighted by Gasteiger charge is -2.17. The molecule has 2 aromatic heterocycles. The fraction of sp³-hybridized carbons (Fsp3) is 0.350. The molecule has 1 aliphatic rings. The van der Waals surface area contributed by atoms with Gasteiger partial charge in [-0.15, -0.1) is 0 Å². The zero-order valence-electron chi connectivity index (χ0n) is 17.1. The maximum absolute atomic E-state index is 13.2. The van der Waals surface area contributed by atoms with Crippen LogP contribution in [0.2, 0.25) is 10.0 Å². The molecule has 0 bridgehead atoms. The van der Waals surface area contributed by atoms with E-state index < -0.39 is 0 Å². The summed E-state index contributed by atoms with van der Waals surface area (Å²) < 4.78 is 17.4. The van der Waals surface area contributed by atoms with E-state index in [1.807, 2.05) is 0 Å². The minimum Gasteiger partial charge on any atom is -0.495 e. The summed E-state index contributed by atoms with van der Waals surface area (Å²) in [5, 5.41) is 4.20. The number of anilines is 1. The highest BCUT2D eigenvalue weighted by Gasteiger charge is 2.26. The first-order valence-corrected chi connectivity index (χ1v) is 10.2. The monoisotopic (exact) mass is 465 g/mol. The van der Waals surface area contributed by atoms with E-state index in [-0.39, 0.29) is 33.3 Å². The number of nitrogens with zero attached hydrogens (tertiary/aromatic N) is 3. The molecular formula is C20H21Cl2N5O4. The number of halogens is 2. The second-order valence-electron chi connectivity index (χ2n) is 7.13. The second-order valence-corrected chi connectivity index (χ2v) is 7.89. The molecular weight excluding hydrogens is 445 g/mol. The summed E-state index contributed by atoms with van der Waals surface area (Å²) in [6, 6.07) is 2.96. The quantitative estimate of drug-likeness (QED) is 0.590. The van der Waals surface area contributed by atoms with E-state index in [0.29, 0.717) is 47.3 Å². The topological polar surface area (TPSA) is 114 Å². The molecule has 1 aromatic carbocycles. The Kier molecular flexibility index (Phi) is 5.94. The third-order valence-corrected chi connectivity index (χ3v) is 5.98. The maximum atomic E-state index is 13.2. The van der Waals surface area contributed by atoms with Gasteiger partial charge in [-0.2, -0.15) is 4.98 Å². The van der Waals surface area contributed by atoms with Gasteiger partial charge in [0.2, 0.25) is 5.95 Å². The molecule has 11 heteroatoms. The highest BCUT2D eigenvalue weighted by atomic mass is 35.5. The predicted molar refractivity (Wildman–Crippen MR) is 120 cm³/mol. The van der Waals surface area contributed by atoms with Gasteiger partial charge >= 0.3 is 0 Å². The van der Waals surface area contributed by atoms with Gasteiger partial charge in [-0.3, -0.25) is 9.36 Å². The van der Waals surface area contributed by atoms with Crippen molar-refractivity contribution in [1.29, 1.82) is 0 Å². The number of aryl methyl sites for hydroxylation is 1. The van der Waals surface area contributed by atoms with E-state index in [4.69, 9.17) is 43.1 Å². The Morgan fingerprint density at radius 3 is 2.45 bits per heavy atom. The number of pyridine rings is 1. The zero-order chi connectivity index (χ0) is 22.3. The number of nitrogens with one attached hydrogen (secondary N) is 1. The number of nitrogens with two attached hydrogens (primary N) is 1. The highest BCUT2D eigenvalue weighted by molar-refractivity contribution is 6.41. The van der Waals surface area contributed by atoms with Crippen LogP contribution in [-0.4, -0.2) is 54.1 Å². The van der Waals surface area contributed by atoms with Crippen molar-refractivity contribution in [1.82, 2.24) is 14.5 Å². The van der Waals surface area contributed by atoms with Crippen LogP contribution in [0.25, 0.3) is 22.2 Å². The van der Waals surface area contributed by atoms with Gasteiger partial charge in [0, 0.05) is 30.3 Å². The van der Waals surface area contributed by atoms with Crippen LogP contribution in [0.4, 0.5) is 5.95 Å². The second kappa shape index (κ2) is 8.51. The molecule has 2 unspecified atom stereocenters. The fourth-order valence-electron chi connectivity index (χ4n) is 3.50. The molecule has 31 heavy (non-hydrogen) atoms. The Bertz CT molecular complexity index is 1190. The molecule has 1 aliphatic heterocycles. The van der Waals surface area contributed by atoms with Crippen LogP contribution >= 0.6 is 23.2 Å². The first-order valence-electron chi connectivity index (χ1n) is 9.42. The van der Waals surface area contributed by atoms with Crippen molar-refractivity contribution in [2.24, 2.45) is 12.8 Å². The standard InChI is InChI=1S/C20H21Cl2N5O4/c1-27-18-9(6-24-20(26-18)25-12-8-31-7-11(12)23)4-10(19(27)28)15-16(21)13(29-2)5-14(30-3)17(15)22/h4-6,11-12H,7-8,23H2,1-3H3,(H,24,25,26). The van der Waals surface area contributed by atoms with Crippen LogP contribution in [0.5, 0.6) is 11.5 Å². The summed E-state index contributed by atoms with van der Waals surface area (Å²) in [4.78, 5) is 22.1. The lowest BCUT2D eigenvalue weighted by Crippen LogP contribution is -2.39. The van der Waals surface area contributed by atoms with Crippen LogP contribution in [0.15, 0.2) is 23.1 Å². The van der Waals surface area contributed by atoms with Gasteiger partial charge in [0.15, 0.2) is 0 Å². The normalized spacial score (nSPS) is 18.4. The Morgan fingerprint density at radius 2 is 1.87 bits per heavy atom. The van der Waals surface area contributed by atoms with Crippen molar-refractivity contribution < 1.29 is 14.2 Å². The number of rotatable bonds is 5. The first-order chi connectivity index (χ1) is 14.8. The van der Waals surface area contributed by atoms with Crippen LogP contribution < -0.4 is 26.1 Å². The Morgan fingerprint density at radius 1 is 1.19 bits per heavy atom. The molecule has 3 heterocycles. The SMILES string of the molecule is COc1cc(OC)c(Cl)c(-c2cc3cnc(NC4COCC4N)nc3n(C)c2=O)c1Cl. The van der Waals surface area contributed by atoms with E-state index in [1.54, 1.807) is 25.4 Å². The number of hydrogen-bond donors (Lipinski definition) is 2. The molecule has 164 valence electrons. The van der Waals surface area contributed by atoms with Crippen molar-refractivity contribution in [3.05, 3.63) is 38.7 Å². The average Bonchev–Trinajstić information content (AvgIpc) is 3.16. The molecule has 9 nitrogen and oxygen atoms in total. The van der Waals surface area contributed by atoms with E-state index in [0.717, 1.165) is 0 Å². The minimum absolute atomic E-state index is 0.101. The summed E-state index contributed by atoms with van der Waals surface area (Å²) in [5.74, 6) is 1.04. The van der Waals surface area contributed by atoms with Crippen LogP contribution in [0.1, 0.15) is 0 Å². The molecule has 1 fully saturated rings. The summed E-state index contributed by atoms with van der Waals surface area (Å²) in [5.41, 5.74) is 6.71. The number of benzene rings is 1. The number of fused-ring (bicyclic) bond motifs is 1. The summed E-state index contributed by atoms with van der Waals surface area (Å²) in [6.07, 6.45) is 1.62. The molecule has 0 saturated carbocycles. The molecule has 1 saturated heterocycles. The third-order valence-electron chi connectivity index (χ3n) is 5.23. The van der Waals surface area contributed by atoms with Crippen LogP contribution in [0, 0.1) is 0 Å². The van der Waals surface area contributed by atoms with Crippen molar-refractivity contribution in [3.8, 4) is 22.6 Å². The van der Waals surface area contributed by atoms with Crippen molar-refractivity contribution in [3.63, 3.8) is 0 Å². The smallest absolute Gasteiger partial charge is 0.259 e. The van der Waals surface area contributed by atoms with E-state index in [2.05, 4.69) is 15.3 Å². The molecule has 3 aromatic rings. The largest absolute Gasteiger partial charge is 0.495 e. The average molecular weight is 466 g/mol. The molecule has 0 aliphatic carbocycles. The van der Waals surface area contributed by atoms with Crippen molar-refractivity contribution in [2.45, 2.75) is 12.1 Å². The molecule has 2 atom stereocenters. The number of aromatic nitrogens is 3. The van der Waals surface area contributed by atoms with Gasteiger partial charge in [0.1, 0.15) is 17.1 Å². The number of methoxy groups -OCH3 is 2. The summed E-state index contributed by atoms with van der Waals surface area (Å²) in [6.45, 7) is 0.938. The Balaban J connectivity index is 1.85. The van der Waals surface area contributed by atoms with Gasteiger partial charge in [0.25, 0.3) is 5.56 Å². The first kappa shape index (κ1) is 21.6. The maximum Gasteiger partial charge on any atom is 0.259 e. The van der Waals surface area contributed by atoms with E-state index in [1.165, 1.54) is 18.8 Å². The zero-order valence-corrected chi connectivity index (χ0v) is 18.6. The van der Waals surface area contributed by atoms with Gasteiger partial charge < -0.3 is 25.3 Å². The summed E-state index contributed by atoms with van der Waals surface area (Å²) >= 11 is 13.0. The Labute approximate surface area is 188 Å². The van der Waals surface area contributed by atoms with Gasteiger partial charge in [-0.25, -0.2) is 4.98 Å². The van der Waals surface area contributed by atoms with Gasteiger partial charge in [-0.05, 0) is 6.07 Å². The molecule has 3 N–H and O–H groups in total. The Hall–Kier alpha value is -2.59. The predicted octanol–water partition coefficient (Wildman–Crippen LogP) is 2.46. The number of hydrogen-bond acceptors (Lipinski definition) is 8. The summed E-state index contributed by atoms with van der Waals surface area (Å²) in [7, 11) is 4.57. The third kappa shape index (κ3) is 3.78. The van der Waals surface area contributed by atoms with Crippen molar-refractivity contribution in [2.75, 3.05) is 32.8 Å². The van der Waals surface area contributed by atoms with E-state index >= 15 is 0 Å². The van der Waals surface area contributed by atoms with Crippen molar-refractivity contribution >= 4 is 40.2 Å². The molecule has 4 rings (SSSR count). The highest BCUT2D eigenvalue weighted by Crippen LogP contribution is 2.45. The molecule has 0 radical (unpaired) electrons. The van der Waals surface area contributed by atoms with Crippen LogP contribution in [-0.2, 0) is 11.8 Å².